The number of nitrogens with zero attached hydrogens (tertiary/aromatic N) is 2. The van der Waals surface area contributed by atoms with Crippen LogP contribution in [-0.2, 0) is 6.54 Å². The predicted octanol–water partition coefficient (Wildman–Crippen LogP) is 2.73. The van der Waals surface area contributed by atoms with Crippen LogP contribution in [0, 0.1) is 0 Å². The van der Waals surface area contributed by atoms with Gasteiger partial charge in [-0.1, -0.05) is 0 Å². The highest BCUT2D eigenvalue weighted by Gasteiger charge is 2.19. The van der Waals surface area contributed by atoms with Gasteiger partial charge in [0.15, 0.2) is 0 Å². The second-order valence-corrected chi connectivity index (χ2v) is 6.03. The van der Waals surface area contributed by atoms with Crippen LogP contribution in [0.2, 0.25) is 0 Å². The number of aryl methyl sites for hydroxylation is 1. The maximum Gasteiger partial charge on any atom is 0.0970 e. The normalized spacial score (nSPS) is 13.2. The van der Waals surface area contributed by atoms with Crippen LogP contribution in [0.1, 0.15) is 23.5 Å². The third-order valence-electron chi connectivity index (χ3n) is 2.95. The lowest BCUT2D eigenvalue weighted by Gasteiger charge is -2.15. The van der Waals surface area contributed by atoms with Gasteiger partial charge in [0.25, 0.3) is 0 Å². The van der Waals surface area contributed by atoms with Crippen molar-refractivity contribution in [1.29, 1.82) is 0 Å². The molecule has 3 aromatic heterocycles. The molecule has 0 aliphatic heterocycles. The van der Waals surface area contributed by atoms with E-state index < -0.39 is 0 Å². The highest BCUT2D eigenvalue weighted by Crippen LogP contribution is 2.35. The summed E-state index contributed by atoms with van der Waals surface area (Å²) in [5.74, 6) is 5.73. The zero-order valence-corrected chi connectivity index (χ0v) is 11.6. The van der Waals surface area contributed by atoms with Crippen molar-refractivity contribution in [2.24, 2.45) is 5.84 Å². The molecule has 3 heterocycles. The Hall–Kier alpha value is -1.21. The molecule has 4 nitrogen and oxygen atoms in total. The van der Waals surface area contributed by atoms with Crippen LogP contribution >= 0.6 is 22.7 Å². The second kappa shape index (κ2) is 4.81. The molecule has 94 valence electrons. The first-order chi connectivity index (χ1) is 8.83. The van der Waals surface area contributed by atoms with E-state index in [4.69, 9.17) is 5.84 Å². The number of fused-ring (bicyclic) bond motifs is 1. The van der Waals surface area contributed by atoms with Crippen molar-refractivity contribution in [3.63, 3.8) is 0 Å². The minimum atomic E-state index is 0.0112. The minimum Gasteiger partial charge on any atom is -0.270 e. The summed E-state index contributed by atoms with van der Waals surface area (Å²) in [6.45, 7) is 2.93. The van der Waals surface area contributed by atoms with Gasteiger partial charge in [0, 0.05) is 27.0 Å². The Bertz CT molecular complexity index is 623. The molecule has 18 heavy (non-hydrogen) atoms. The topological polar surface area (TPSA) is 55.9 Å². The van der Waals surface area contributed by atoms with Gasteiger partial charge in [0.05, 0.1) is 11.7 Å². The van der Waals surface area contributed by atoms with Gasteiger partial charge in [0.1, 0.15) is 0 Å². The van der Waals surface area contributed by atoms with Gasteiger partial charge in [-0.2, -0.15) is 5.10 Å². The van der Waals surface area contributed by atoms with E-state index in [1.165, 1.54) is 14.3 Å². The maximum atomic E-state index is 5.73. The molecule has 0 bridgehead atoms. The number of hydrogen-bond acceptors (Lipinski definition) is 5. The molecule has 6 heteroatoms. The fourth-order valence-corrected chi connectivity index (χ4v) is 4.29. The van der Waals surface area contributed by atoms with E-state index in [-0.39, 0.29) is 6.04 Å². The standard InChI is InChI=1S/C12H14N4S2/c1-2-16-8(3-5-14-16)12(15-13)11-7-10-9(18-11)4-6-17-10/h3-7,12,15H,2,13H2,1H3. The fourth-order valence-electron chi connectivity index (χ4n) is 2.09. The molecule has 3 N–H and O–H groups in total. The van der Waals surface area contributed by atoms with E-state index in [1.54, 1.807) is 22.7 Å². The smallest absolute Gasteiger partial charge is 0.0970 e. The highest BCUT2D eigenvalue weighted by atomic mass is 32.1. The SMILES string of the molecule is CCn1nccc1C(NN)c1cc2sccc2s1. The quantitative estimate of drug-likeness (QED) is 0.570. The summed E-state index contributed by atoms with van der Waals surface area (Å²) in [4.78, 5) is 1.23. The van der Waals surface area contributed by atoms with Crippen LogP contribution in [0.25, 0.3) is 9.40 Å². The second-order valence-electron chi connectivity index (χ2n) is 3.97. The van der Waals surface area contributed by atoms with Gasteiger partial charge in [-0.05, 0) is 30.5 Å². The van der Waals surface area contributed by atoms with Crippen LogP contribution in [0.5, 0.6) is 0 Å². The first-order valence-electron chi connectivity index (χ1n) is 5.78. The zero-order chi connectivity index (χ0) is 12.5. The average Bonchev–Trinajstić information content (AvgIpc) is 3.03. The minimum absolute atomic E-state index is 0.0112. The maximum absolute atomic E-state index is 5.73. The zero-order valence-electron chi connectivity index (χ0n) is 9.96. The van der Waals surface area contributed by atoms with Gasteiger partial charge in [0.2, 0.25) is 0 Å². The third-order valence-corrected chi connectivity index (χ3v) is 5.11. The van der Waals surface area contributed by atoms with Crippen molar-refractivity contribution >= 4 is 32.1 Å². The van der Waals surface area contributed by atoms with Crippen LogP contribution in [0.3, 0.4) is 0 Å². The van der Waals surface area contributed by atoms with Crippen LogP contribution < -0.4 is 11.3 Å². The van der Waals surface area contributed by atoms with Crippen molar-refractivity contribution in [3.05, 3.63) is 40.3 Å². The number of hydrogen-bond donors (Lipinski definition) is 2. The Morgan fingerprint density at radius 2 is 2.33 bits per heavy atom. The Balaban J connectivity index is 2.04. The molecule has 0 aliphatic carbocycles. The fraction of sp³-hybridized carbons (Fsp3) is 0.250. The van der Waals surface area contributed by atoms with Crippen LogP contribution in [0.4, 0.5) is 0 Å². The number of nitrogens with two attached hydrogens (primary N) is 1. The summed E-state index contributed by atoms with van der Waals surface area (Å²) >= 11 is 3.54. The lowest BCUT2D eigenvalue weighted by Crippen LogP contribution is -2.30. The number of nitrogens with one attached hydrogen (secondary N) is 1. The van der Waals surface area contributed by atoms with E-state index in [1.807, 2.05) is 16.9 Å². The molecule has 1 unspecified atom stereocenters. The Morgan fingerprint density at radius 1 is 1.44 bits per heavy atom. The Labute approximate surface area is 113 Å². The molecule has 0 saturated heterocycles. The largest absolute Gasteiger partial charge is 0.270 e. The van der Waals surface area contributed by atoms with Crippen molar-refractivity contribution in [3.8, 4) is 0 Å². The molecule has 1 atom stereocenters. The molecule has 3 rings (SSSR count). The van der Waals surface area contributed by atoms with Gasteiger partial charge >= 0.3 is 0 Å². The van der Waals surface area contributed by atoms with Crippen LogP contribution in [0.15, 0.2) is 29.8 Å². The lowest BCUT2D eigenvalue weighted by atomic mass is 10.2. The van der Waals surface area contributed by atoms with E-state index in [0.29, 0.717) is 0 Å². The Morgan fingerprint density at radius 3 is 3.06 bits per heavy atom. The summed E-state index contributed by atoms with van der Waals surface area (Å²) < 4.78 is 4.61. The van der Waals surface area contributed by atoms with Crippen molar-refractivity contribution in [1.82, 2.24) is 15.2 Å². The number of hydrazine groups is 1. The molecule has 3 aromatic rings. The van der Waals surface area contributed by atoms with Crippen molar-refractivity contribution < 1.29 is 0 Å². The first kappa shape index (κ1) is 11.9. The van der Waals surface area contributed by atoms with E-state index in [0.717, 1.165) is 12.2 Å². The molecule has 0 radical (unpaired) electrons. The van der Waals surface area contributed by atoms with E-state index in [9.17, 15) is 0 Å². The third kappa shape index (κ3) is 1.87. The summed E-state index contributed by atoms with van der Waals surface area (Å²) in [6.07, 6.45) is 1.82. The summed E-state index contributed by atoms with van der Waals surface area (Å²) in [5, 5.41) is 6.42. The van der Waals surface area contributed by atoms with Gasteiger partial charge in [-0.25, -0.2) is 5.43 Å². The number of rotatable bonds is 4. The number of thiophene rings is 2. The van der Waals surface area contributed by atoms with Crippen molar-refractivity contribution in [2.45, 2.75) is 19.5 Å². The predicted molar refractivity (Wildman–Crippen MR) is 76.8 cm³/mol. The monoisotopic (exact) mass is 278 g/mol. The van der Waals surface area contributed by atoms with Crippen LogP contribution in [-0.4, -0.2) is 9.78 Å². The summed E-state index contributed by atoms with van der Waals surface area (Å²) in [5.41, 5.74) is 4.01. The molecule has 0 aromatic carbocycles. The molecular weight excluding hydrogens is 264 g/mol. The van der Waals surface area contributed by atoms with E-state index >= 15 is 0 Å². The lowest BCUT2D eigenvalue weighted by molar-refractivity contribution is 0.548. The molecule has 0 amide bonds. The molecule has 0 saturated carbocycles. The summed E-state index contributed by atoms with van der Waals surface area (Å²) in [6, 6.07) is 6.39. The molecular formula is C12H14N4S2. The Kier molecular flexibility index (Phi) is 3.17. The van der Waals surface area contributed by atoms with E-state index in [2.05, 4.69) is 35.0 Å². The van der Waals surface area contributed by atoms with Gasteiger partial charge in [-0.15, -0.1) is 22.7 Å². The molecule has 0 fully saturated rings. The van der Waals surface area contributed by atoms with Gasteiger partial charge in [-0.3, -0.25) is 10.5 Å². The summed E-state index contributed by atoms with van der Waals surface area (Å²) in [7, 11) is 0. The molecule has 0 aliphatic rings. The first-order valence-corrected chi connectivity index (χ1v) is 7.48. The highest BCUT2D eigenvalue weighted by molar-refractivity contribution is 7.27. The average molecular weight is 278 g/mol. The van der Waals surface area contributed by atoms with Crippen molar-refractivity contribution in [2.75, 3.05) is 0 Å². The molecule has 0 spiro atoms. The number of aromatic nitrogens is 2. The van der Waals surface area contributed by atoms with Gasteiger partial charge < -0.3 is 0 Å².